The predicted octanol–water partition coefficient (Wildman–Crippen LogP) is 1.24. The smallest absolute Gasteiger partial charge is 0.416 e. The normalized spacial score (nSPS) is 15.1. The molecule has 2 heterocycles. The molecule has 1 aromatic carbocycles. The van der Waals surface area contributed by atoms with Crippen LogP contribution in [0.2, 0.25) is 0 Å². The quantitative estimate of drug-likeness (QED) is 0.601. The van der Waals surface area contributed by atoms with Crippen molar-refractivity contribution in [1.29, 1.82) is 0 Å². The van der Waals surface area contributed by atoms with E-state index < -0.39 is 23.8 Å². The zero-order valence-corrected chi connectivity index (χ0v) is 14.3. The molecule has 7 nitrogen and oxygen atoms in total. The summed E-state index contributed by atoms with van der Waals surface area (Å²) in [7, 11) is 0. The molecule has 4 N–H and O–H groups in total. The molecule has 0 spiro atoms. The number of hydrogen-bond acceptors (Lipinski definition) is 5. The molecule has 0 radical (unpaired) electrons. The number of rotatable bonds is 6. The first-order valence-electron chi connectivity index (χ1n) is 8.37. The van der Waals surface area contributed by atoms with Gasteiger partial charge in [0.1, 0.15) is 18.5 Å². The van der Waals surface area contributed by atoms with Gasteiger partial charge in [-0.1, -0.05) is 0 Å². The van der Waals surface area contributed by atoms with Gasteiger partial charge < -0.3 is 20.5 Å². The lowest BCUT2D eigenvalue weighted by atomic mass is 10.1. The van der Waals surface area contributed by atoms with Crippen LogP contribution in [0, 0.1) is 0 Å². The van der Waals surface area contributed by atoms with Gasteiger partial charge in [0.15, 0.2) is 5.69 Å². The van der Waals surface area contributed by atoms with Crippen LogP contribution in [0.3, 0.4) is 0 Å². The van der Waals surface area contributed by atoms with Gasteiger partial charge in [-0.15, -0.1) is 0 Å². The summed E-state index contributed by atoms with van der Waals surface area (Å²) in [5.41, 5.74) is 1.24. The second-order valence-corrected chi connectivity index (χ2v) is 6.15. The number of H-pyrrole nitrogens is 1. The van der Waals surface area contributed by atoms with Crippen LogP contribution in [0.5, 0.6) is 5.75 Å². The zero-order valence-electron chi connectivity index (χ0n) is 14.3. The van der Waals surface area contributed by atoms with Crippen molar-refractivity contribution in [3.05, 3.63) is 46.8 Å². The van der Waals surface area contributed by atoms with E-state index in [2.05, 4.69) is 20.8 Å². The first-order chi connectivity index (χ1) is 12.8. The summed E-state index contributed by atoms with van der Waals surface area (Å²) in [6.07, 6.45) is -4.67. The maximum atomic E-state index is 12.5. The van der Waals surface area contributed by atoms with Crippen molar-refractivity contribution in [2.24, 2.45) is 0 Å². The number of carbonyl (C=O) groups excluding carboxylic acids is 1. The first-order valence-corrected chi connectivity index (χ1v) is 8.37. The van der Waals surface area contributed by atoms with Crippen molar-refractivity contribution in [1.82, 2.24) is 20.8 Å². The van der Waals surface area contributed by atoms with E-state index in [0.29, 0.717) is 6.54 Å². The number of nitrogens with zero attached hydrogens (tertiary/aromatic N) is 1. The fourth-order valence-corrected chi connectivity index (χ4v) is 2.70. The molecule has 0 saturated carbocycles. The van der Waals surface area contributed by atoms with E-state index >= 15 is 0 Å². The van der Waals surface area contributed by atoms with Crippen LogP contribution in [0.15, 0.2) is 24.3 Å². The van der Waals surface area contributed by atoms with Gasteiger partial charge in [-0.2, -0.15) is 18.3 Å². The van der Waals surface area contributed by atoms with E-state index in [0.717, 1.165) is 36.4 Å². The molecule has 27 heavy (non-hydrogen) atoms. The fraction of sp³-hybridized carbons (Fsp3) is 0.412. The van der Waals surface area contributed by atoms with Crippen molar-refractivity contribution in [2.75, 3.05) is 19.7 Å². The van der Waals surface area contributed by atoms with E-state index in [1.54, 1.807) is 0 Å². The van der Waals surface area contributed by atoms with Crippen molar-refractivity contribution in [3.8, 4) is 5.75 Å². The molecule has 1 unspecified atom stereocenters. The van der Waals surface area contributed by atoms with Gasteiger partial charge in [0.05, 0.1) is 5.56 Å². The molecule has 146 valence electrons. The third-order valence-corrected chi connectivity index (χ3v) is 4.14. The highest BCUT2D eigenvalue weighted by atomic mass is 19.4. The number of ether oxygens (including phenoxy) is 1. The van der Waals surface area contributed by atoms with Crippen molar-refractivity contribution in [3.63, 3.8) is 0 Å². The second-order valence-electron chi connectivity index (χ2n) is 6.15. The number of halogens is 3. The van der Waals surface area contributed by atoms with Gasteiger partial charge in [0.25, 0.3) is 5.91 Å². The average molecular weight is 384 g/mol. The summed E-state index contributed by atoms with van der Waals surface area (Å²) in [5.74, 6) is -0.217. The molecule has 0 bridgehead atoms. The number of aromatic nitrogens is 2. The minimum Gasteiger partial charge on any atom is -0.491 e. The number of carbonyl (C=O) groups is 1. The van der Waals surface area contributed by atoms with Gasteiger partial charge in [0, 0.05) is 37.3 Å². The van der Waals surface area contributed by atoms with Crippen LogP contribution in [0.1, 0.15) is 27.3 Å². The Morgan fingerprint density at radius 1 is 1.33 bits per heavy atom. The summed E-state index contributed by atoms with van der Waals surface area (Å²) in [4.78, 5) is 12.2. The predicted molar refractivity (Wildman–Crippen MR) is 89.3 cm³/mol. The molecule has 2 aromatic rings. The minimum absolute atomic E-state index is 0.0749. The molecular weight excluding hydrogens is 365 g/mol. The SMILES string of the molecule is O=C(NCC(O)COc1ccc(C(F)(F)F)cc1)c1n[nH]c2c1CNCC2. The highest BCUT2D eigenvalue weighted by Crippen LogP contribution is 2.30. The number of fused-ring (bicyclic) bond motifs is 1. The summed E-state index contributed by atoms with van der Waals surface area (Å²) >= 11 is 0. The lowest BCUT2D eigenvalue weighted by Crippen LogP contribution is -2.36. The van der Waals surface area contributed by atoms with Crippen LogP contribution in [-0.2, 0) is 19.1 Å². The lowest BCUT2D eigenvalue weighted by molar-refractivity contribution is -0.137. The van der Waals surface area contributed by atoms with Crippen LogP contribution < -0.4 is 15.4 Å². The number of alkyl halides is 3. The Bertz CT molecular complexity index is 790. The molecule has 1 amide bonds. The maximum Gasteiger partial charge on any atom is 0.416 e. The monoisotopic (exact) mass is 384 g/mol. The molecule has 0 fully saturated rings. The highest BCUT2D eigenvalue weighted by molar-refractivity contribution is 5.94. The van der Waals surface area contributed by atoms with Gasteiger partial charge >= 0.3 is 6.18 Å². The zero-order chi connectivity index (χ0) is 19.4. The van der Waals surface area contributed by atoms with Crippen molar-refractivity contribution in [2.45, 2.75) is 25.2 Å². The Morgan fingerprint density at radius 2 is 2.07 bits per heavy atom. The third kappa shape index (κ3) is 4.77. The Balaban J connectivity index is 1.46. The Hall–Kier alpha value is -2.59. The Kier molecular flexibility index (Phi) is 5.66. The van der Waals surface area contributed by atoms with E-state index in [4.69, 9.17) is 4.74 Å². The lowest BCUT2D eigenvalue weighted by Gasteiger charge is -2.15. The van der Waals surface area contributed by atoms with E-state index in [1.165, 1.54) is 12.1 Å². The fourth-order valence-electron chi connectivity index (χ4n) is 2.70. The number of nitrogens with one attached hydrogen (secondary N) is 3. The minimum atomic E-state index is -4.41. The number of hydrogen-bond donors (Lipinski definition) is 4. The van der Waals surface area contributed by atoms with Crippen LogP contribution in [0.4, 0.5) is 13.2 Å². The van der Waals surface area contributed by atoms with E-state index in [-0.39, 0.29) is 24.6 Å². The Morgan fingerprint density at radius 3 is 2.78 bits per heavy atom. The molecule has 10 heteroatoms. The Labute approximate surface area is 152 Å². The second kappa shape index (κ2) is 7.97. The molecule has 0 aliphatic carbocycles. The van der Waals surface area contributed by atoms with Crippen LogP contribution in [-0.4, -0.2) is 47.0 Å². The molecule has 1 aliphatic heterocycles. The van der Waals surface area contributed by atoms with Gasteiger partial charge in [-0.05, 0) is 24.3 Å². The standard InChI is InChI=1S/C17H19F3N4O3/c18-17(19,20)10-1-3-12(4-2-10)27-9-11(25)7-22-16(26)15-13-8-21-6-5-14(13)23-24-15/h1-4,11,21,25H,5-9H2,(H,22,26)(H,23,24). The highest BCUT2D eigenvalue weighted by Gasteiger charge is 2.30. The van der Waals surface area contributed by atoms with E-state index in [9.17, 15) is 23.1 Å². The number of aliphatic hydroxyl groups is 1. The third-order valence-electron chi connectivity index (χ3n) is 4.14. The summed E-state index contributed by atoms with van der Waals surface area (Å²) in [5, 5.41) is 22.5. The number of amides is 1. The summed E-state index contributed by atoms with van der Waals surface area (Å²) in [6, 6.07) is 4.16. The maximum absolute atomic E-state index is 12.5. The van der Waals surface area contributed by atoms with Crippen LogP contribution in [0.25, 0.3) is 0 Å². The molecule has 1 atom stereocenters. The van der Waals surface area contributed by atoms with Crippen LogP contribution >= 0.6 is 0 Å². The topological polar surface area (TPSA) is 99.3 Å². The van der Waals surface area contributed by atoms with Crippen molar-refractivity contribution < 1.29 is 27.8 Å². The number of aromatic amines is 1. The van der Waals surface area contributed by atoms with Gasteiger partial charge in [-0.3, -0.25) is 9.89 Å². The molecule has 3 rings (SSSR count). The average Bonchev–Trinajstić information content (AvgIpc) is 3.08. The number of aliphatic hydroxyl groups excluding tert-OH is 1. The largest absolute Gasteiger partial charge is 0.491 e. The van der Waals surface area contributed by atoms with Crippen molar-refractivity contribution >= 4 is 5.91 Å². The molecule has 1 aliphatic rings. The first kappa shape index (κ1) is 19.2. The molecular formula is C17H19F3N4O3. The molecule has 0 saturated heterocycles. The van der Waals surface area contributed by atoms with Gasteiger partial charge in [-0.25, -0.2) is 0 Å². The summed E-state index contributed by atoms with van der Waals surface area (Å²) in [6.45, 7) is 1.12. The number of benzene rings is 1. The van der Waals surface area contributed by atoms with E-state index in [1.807, 2.05) is 0 Å². The molecule has 1 aromatic heterocycles. The summed E-state index contributed by atoms with van der Waals surface area (Å²) < 4.78 is 42.7. The van der Waals surface area contributed by atoms with Gasteiger partial charge in [0.2, 0.25) is 0 Å².